The zero-order valence-electron chi connectivity index (χ0n) is 10.3. The Kier molecular flexibility index (Phi) is 3.86. The molecule has 2 aromatic rings. The molecule has 0 bridgehead atoms. The summed E-state index contributed by atoms with van der Waals surface area (Å²) in [5, 5.41) is 0. The van der Waals surface area contributed by atoms with Gasteiger partial charge in [-0.2, -0.15) is 0 Å². The lowest BCUT2D eigenvalue weighted by atomic mass is 9.89. The predicted molar refractivity (Wildman–Crippen MR) is 74.9 cm³/mol. The highest BCUT2D eigenvalue weighted by Gasteiger charge is 2.14. The highest BCUT2D eigenvalue weighted by Crippen LogP contribution is 2.28. The minimum Gasteiger partial charge on any atom is -0.126 e. The average molecular weight is 245 g/mol. The van der Waals surface area contributed by atoms with Gasteiger partial charge in [0.05, 0.1) is 0 Å². The number of rotatable bonds is 3. The Bertz CT molecular complexity index is 488. The summed E-state index contributed by atoms with van der Waals surface area (Å²) >= 11 is 6.15. The monoisotopic (exact) mass is 244 g/mol. The molecule has 88 valence electrons. The summed E-state index contributed by atoms with van der Waals surface area (Å²) in [5.74, 6) is 0.909. The quantitative estimate of drug-likeness (QED) is 0.688. The second-order valence-corrected chi connectivity index (χ2v) is 4.79. The van der Waals surface area contributed by atoms with E-state index in [0.29, 0.717) is 11.8 Å². The molecular weight excluding hydrogens is 228 g/mol. The van der Waals surface area contributed by atoms with Crippen LogP contribution in [0.25, 0.3) is 0 Å². The molecule has 17 heavy (non-hydrogen) atoms. The summed E-state index contributed by atoms with van der Waals surface area (Å²) in [6, 6.07) is 17.0. The molecule has 0 amide bonds. The molecule has 0 N–H and O–H groups in total. The second-order valence-electron chi connectivity index (χ2n) is 4.48. The van der Waals surface area contributed by atoms with Gasteiger partial charge in [0, 0.05) is 11.8 Å². The maximum absolute atomic E-state index is 6.15. The van der Waals surface area contributed by atoms with Crippen LogP contribution in [0.2, 0.25) is 0 Å². The topological polar surface area (TPSA) is 0 Å². The van der Waals surface area contributed by atoms with Gasteiger partial charge < -0.3 is 0 Å². The summed E-state index contributed by atoms with van der Waals surface area (Å²) in [7, 11) is 0. The summed E-state index contributed by atoms with van der Waals surface area (Å²) < 4.78 is 0. The molecule has 0 radical (unpaired) electrons. The van der Waals surface area contributed by atoms with E-state index >= 15 is 0 Å². The first-order chi connectivity index (χ1) is 8.22. The molecule has 1 atom stereocenters. The van der Waals surface area contributed by atoms with Gasteiger partial charge >= 0.3 is 0 Å². The minimum absolute atomic E-state index is 0.290. The van der Waals surface area contributed by atoms with E-state index in [1.807, 2.05) is 6.07 Å². The summed E-state index contributed by atoms with van der Waals surface area (Å²) in [4.78, 5) is 0. The van der Waals surface area contributed by atoms with E-state index in [9.17, 15) is 0 Å². The summed E-state index contributed by atoms with van der Waals surface area (Å²) in [6.45, 7) is 4.28. The van der Waals surface area contributed by atoms with E-state index in [4.69, 9.17) is 11.6 Å². The van der Waals surface area contributed by atoms with Gasteiger partial charge in [-0.25, -0.2) is 0 Å². The highest BCUT2D eigenvalue weighted by atomic mass is 35.5. The molecule has 0 nitrogen and oxygen atoms in total. The first-order valence-corrected chi connectivity index (χ1v) is 6.44. The third-order valence-corrected chi connectivity index (χ3v) is 3.47. The van der Waals surface area contributed by atoms with Crippen molar-refractivity contribution >= 4 is 11.6 Å². The predicted octanol–water partition coefficient (Wildman–Crippen LogP) is 4.67. The summed E-state index contributed by atoms with van der Waals surface area (Å²) in [5.41, 5.74) is 5.23. The Hall–Kier alpha value is -1.27. The molecule has 2 rings (SSSR count). The molecule has 0 fully saturated rings. The Morgan fingerprint density at radius 3 is 2.29 bits per heavy atom. The van der Waals surface area contributed by atoms with E-state index in [1.165, 1.54) is 22.3 Å². The largest absolute Gasteiger partial charge is 0.126 e. The number of hydrogen-bond acceptors (Lipinski definition) is 0. The van der Waals surface area contributed by atoms with Crippen molar-refractivity contribution < 1.29 is 0 Å². The van der Waals surface area contributed by atoms with Crippen LogP contribution in [0.15, 0.2) is 48.5 Å². The number of halogens is 1. The van der Waals surface area contributed by atoms with Crippen molar-refractivity contribution in [1.29, 1.82) is 0 Å². The Balaban J connectivity index is 2.42. The van der Waals surface area contributed by atoms with Crippen LogP contribution in [0, 0.1) is 13.8 Å². The summed E-state index contributed by atoms with van der Waals surface area (Å²) in [6.07, 6.45) is 0. The van der Waals surface area contributed by atoms with E-state index < -0.39 is 0 Å². The van der Waals surface area contributed by atoms with E-state index in [2.05, 4.69) is 56.3 Å². The lowest BCUT2D eigenvalue weighted by Crippen LogP contribution is -2.04. The van der Waals surface area contributed by atoms with Crippen LogP contribution in [0.4, 0.5) is 0 Å². The van der Waals surface area contributed by atoms with Gasteiger partial charge in [-0.1, -0.05) is 54.1 Å². The first-order valence-electron chi connectivity index (χ1n) is 5.90. The lowest BCUT2D eigenvalue weighted by molar-refractivity contribution is 0.917. The Labute approximate surface area is 108 Å². The molecule has 0 saturated heterocycles. The van der Waals surface area contributed by atoms with E-state index in [1.54, 1.807) is 0 Å². The molecule has 0 aliphatic carbocycles. The van der Waals surface area contributed by atoms with Crippen molar-refractivity contribution in [3.05, 3.63) is 70.8 Å². The fraction of sp³-hybridized carbons (Fsp3) is 0.250. The third kappa shape index (κ3) is 2.70. The normalized spacial score (nSPS) is 12.4. The van der Waals surface area contributed by atoms with Gasteiger partial charge in [-0.3, -0.25) is 0 Å². The third-order valence-electron chi connectivity index (χ3n) is 3.16. The fourth-order valence-electron chi connectivity index (χ4n) is 2.25. The molecule has 2 aromatic carbocycles. The van der Waals surface area contributed by atoms with Crippen LogP contribution in [0.5, 0.6) is 0 Å². The first kappa shape index (κ1) is 12.2. The molecule has 0 aliphatic heterocycles. The molecule has 0 saturated carbocycles. The zero-order valence-corrected chi connectivity index (χ0v) is 11.0. The van der Waals surface area contributed by atoms with Crippen molar-refractivity contribution in [3.63, 3.8) is 0 Å². The van der Waals surface area contributed by atoms with Gasteiger partial charge in [0.2, 0.25) is 0 Å². The molecule has 0 aliphatic rings. The number of aryl methyl sites for hydroxylation is 2. The van der Waals surface area contributed by atoms with Gasteiger partial charge in [-0.05, 0) is 30.5 Å². The van der Waals surface area contributed by atoms with Crippen molar-refractivity contribution in [2.45, 2.75) is 19.8 Å². The molecule has 0 spiro atoms. The second kappa shape index (κ2) is 5.37. The number of benzene rings is 2. The molecule has 0 heterocycles. The van der Waals surface area contributed by atoms with Gasteiger partial charge in [-0.15, -0.1) is 11.6 Å². The van der Waals surface area contributed by atoms with E-state index in [0.717, 1.165) is 0 Å². The van der Waals surface area contributed by atoms with Crippen molar-refractivity contribution in [2.75, 3.05) is 5.88 Å². The van der Waals surface area contributed by atoms with Gasteiger partial charge in [0.1, 0.15) is 0 Å². The average Bonchev–Trinajstić information content (AvgIpc) is 2.34. The van der Waals surface area contributed by atoms with Crippen LogP contribution in [-0.2, 0) is 0 Å². The molecule has 1 heteroatoms. The fourth-order valence-corrected chi connectivity index (χ4v) is 2.60. The SMILES string of the molecule is Cc1ccc(C(CCl)c2ccccc2)c(C)c1. The number of alkyl halides is 1. The Morgan fingerprint density at radius 1 is 1.00 bits per heavy atom. The zero-order chi connectivity index (χ0) is 12.3. The van der Waals surface area contributed by atoms with E-state index in [-0.39, 0.29) is 0 Å². The molecular formula is C16H17Cl. The highest BCUT2D eigenvalue weighted by molar-refractivity contribution is 6.18. The standard InChI is InChI=1S/C16H17Cl/c1-12-8-9-15(13(2)10-12)16(11-17)14-6-4-3-5-7-14/h3-10,16H,11H2,1-2H3. The van der Waals surface area contributed by atoms with Crippen LogP contribution in [-0.4, -0.2) is 5.88 Å². The Morgan fingerprint density at radius 2 is 1.71 bits per heavy atom. The smallest absolute Gasteiger partial charge is 0.0333 e. The van der Waals surface area contributed by atoms with Crippen LogP contribution < -0.4 is 0 Å². The van der Waals surface area contributed by atoms with Crippen LogP contribution in [0.1, 0.15) is 28.2 Å². The molecule has 0 aromatic heterocycles. The number of hydrogen-bond donors (Lipinski definition) is 0. The molecule has 1 unspecified atom stereocenters. The van der Waals surface area contributed by atoms with Crippen molar-refractivity contribution in [3.8, 4) is 0 Å². The maximum Gasteiger partial charge on any atom is 0.0333 e. The minimum atomic E-state index is 0.290. The van der Waals surface area contributed by atoms with Crippen LogP contribution >= 0.6 is 11.6 Å². The lowest BCUT2D eigenvalue weighted by Gasteiger charge is -2.17. The maximum atomic E-state index is 6.15. The van der Waals surface area contributed by atoms with Crippen molar-refractivity contribution in [2.24, 2.45) is 0 Å². The van der Waals surface area contributed by atoms with Crippen molar-refractivity contribution in [1.82, 2.24) is 0 Å². The van der Waals surface area contributed by atoms with Gasteiger partial charge in [0.25, 0.3) is 0 Å². The van der Waals surface area contributed by atoms with Crippen LogP contribution in [0.3, 0.4) is 0 Å². The van der Waals surface area contributed by atoms with Gasteiger partial charge in [0.15, 0.2) is 0 Å².